The monoisotopic (exact) mass is 262 g/mol. The van der Waals surface area contributed by atoms with Gasteiger partial charge in [0, 0.05) is 5.56 Å². The number of hydrogen-bond acceptors (Lipinski definition) is 1. The second-order valence-electron chi connectivity index (χ2n) is 6.82. The third-order valence-electron chi connectivity index (χ3n) is 4.82. The minimum Gasteiger partial charge on any atom is -0.507 e. The lowest BCUT2D eigenvalue weighted by molar-refractivity contribution is 0.398. The van der Waals surface area contributed by atoms with Crippen LogP contribution >= 0.6 is 0 Å². The average molecular weight is 262 g/mol. The molecule has 0 atom stereocenters. The maximum absolute atomic E-state index is 10.8. The van der Waals surface area contributed by atoms with Gasteiger partial charge in [0.25, 0.3) is 0 Å². The highest BCUT2D eigenvalue weighted by molar-refractivity contribution is 5.52. The molecule has 0 aliphatic heterocycles. The maximum atomic E-state index is 10.8. The molecule has 108 valence electrons. The van der Waals surface area contributed by atoms with Crippen LogP contribution in [0.25, 0.3) is 0 Å². The Morgan fingerprint density at radius 2 is 1.42 bits per heavy atom. The molecule has 1 N–H and O–H groups in total. The van der Waals surface area contributed by atoms with Crippen molar-refractivity contribution in [3.63, 3.8) is 0 Å². The fourth-order valence-electron chi connectivity index (χ4n) is 2.60. The van der Waals surface area contributed by atoms with Crippen LogP contribution in [-0.4, -0.2) is 5.11 Å². The standard InChI is InChI=1S/C18H30O/c1-8-13-11-12-14(17(4,5)9-2)16(19)15(13)18(6,7)10-3/h11-12,19H,8-10H2,1-7H3. The van der Waals surface area contributed by atoms with Gasteiger partial charge < -0.3 is 5.11 Å². The van der Waals surface area contributed by atoms with Gasteiger partial charge in [-0.2, -0.15) is 0 Å². The fourth-order valence-corrected chi connectivity index (χ4v) is 2.60. The second-order valence-corrected chi connectivity index (χ2v) is 6.82. The van der Waals surface area contributed by atoms with Crippen molar-refractivity contribution in [1.29, 1.82) is 0 Å². The van der Waals surface area contributed by atoms with Gasteiger partial charge in [-0.1, -0.05) is 60.6 Å². The normalized spacial score (nSPS) is 12.8. The highest BCUT2D eigenvalue weighted by Gasteiger charge is 2.30. The molecule has 0 radical (unpaired) electrons. The molecule has 1 nitrogen and oxygen atoms in total. The Bertz CT molecular complexity index is 441. The van der Waals surface area contributed by atoms with Crippen LogP contribution in [0.15, 0.2) is 12.1 Å². The van der Waals surface area contributed by atoms with Gasteiger partial charge in [0.05, 0.1) is 0 Å². The summed E-state index contributed by atoms with van der Waals surface area (Å²) < 4.78 is 0. The molecule has 1 aromatic rings. The molecule has 1 rings (SSSR count). The lowest BCUT2D eigenvalue weighted by Crippen LogP contribution is -2.22. The Hall–Kier alpha value is -0.980. The van der Waals surface area contributed by atoms with Crippen molar-refractivity contribution in [3.8, 4) is 5.75 Å². The molecule has 19 heavy (non-hydrogen) atoms. The first kappa shape index (κ1) is 16.1. The molecule has 0 saturated carbocycles. The van der Waals surface area contributed by atoms with Crippen molar-refractivity contribution in [3.05, 3.63) is 28.8 Å². The summed E-state index contributed by atoms with van der Waals surface area (Å²) >= 11 is 0. The van der Waals surface area contributed by atoms with E-state index in [4.69, 9.17) is 0 Å². The molecule has 0 fully saturated rings. The van der Waals surface area contributed by atoms with E-state index >= 15 is 0 Å². The summed E-state index contributed by atoms with van der Waals surface area (Å²) in [7, 11) is 0. The molecule has 1 heteroatoms. The predicted octanol–water partition coefficient (Wildman–Crippen LogP) is 5.33. The molecule has 0 aliphatic rings. The van der Waals surface area contributed by atoms with E-state index in [0.29, 0.717) is 5.75 Å². The molecule has 0 amide bonds. The third-order valence-corrected chi connectivity index (χ3v) is 4.82. The summed E-state index contributed by atoms with van der Waals surface area (Å²) in [4.78, 5) is 0. The zero-order valence-corrected chi connectivity index (χ0v) is 13.7. The lowest BCUT2D eigenvalue weighted by atomic mass is 9.73. The average Bonchev–Trinajstić information content (AvgIpc) is 2.37. The Morgan fingerprint density at radius 1 is 0.895 bits per heavy atom. The van der Waals surface area contributed by atoms with Crippen LogP contribution in [0, 0.1) is 0 Å². The molecule has 0 bridgehead atoms. The van der Waals surface area contributed by atoms with Gasteiger partial charge in [0.15, 0.2) is 0 Å². The SMILES string of the molecule is CCc1ccc(C(C)(C)CC)c(O)c1C(C)(C)CC. The van der Waals surface area contributed by atoms with Crippen LogP contribution in [0.4, 0.5) is 0 Å². The van der Waals surface area contributed by atoms with Crippen molar-refractivity contribution in [2.75, 3.05) is 0 Å². The van der Waals surface area contributed by atoms with Gasteiger partial charge in [0.1, 0.15) is 5.75 Å². The van der Waals surface area contributed by atoms with Crippen LogP contribution in [0.1, 0.15) is 78.0 Å². The van der Waals surface area contributed by atoms with Crippen LogP contribution in [0.5, 0.6) is 5.75 Å². The molecule has 0 unspecified atom stereocenters. The Balaban J connectivity index is 3.56. The van der Waals surface area contributed by atoms with Gasteiger partial charge in [-0.15, -0.1) is 0 Å². The van der Waals surface area contributed by atoms with Crippen molar-refractivity contribution in [2.45, 2.75) is 78.6 Å². The van der Waals surface area contributed by atoms with Gasteiger partial charge in [-0.3, -0.25) is 0 Å². The second kappa shape index (κ2) is 5.56. The fraction of sp³-hybridized carbons (Fsp3) is 0.667. The highest BCUT2D eigenvalue weighted by Crippen LogP contribution is 2.43. The Morgan fingerprint density at radius 3 is 1.84 bits per heavy atom. The first-order valence-corrected chi connectivity index (χ1v) is 7.57. The molecule has 0 aliphatic carbocycles. The van der Waals surface area contributed by atoms with E-state index in [1.807, 2.05) is 0 Å². The van der Waals surface area contributed by atoms with Crippen molar-refractivity contribution >= 4 is 0 Å². The molecular formula is C18H30O. The Kier molecular flexibility index (Phi) is 4.71. The van der Waals surface area contributed by atoms with Crippen LogP contribution in [-0.2, 0) is 17.3 Å². The largest absolute Gasteiger partial charge is 0.507 e. The summed E-state index contributed by atoms with van der Waals surface area (Å²) in [5, 5.41) is 10.8. The minimum absolute atomic E-state index is 0.0227. The number of aryl methyl sites for hydroxylation is 1. The number of phenolic OH excluding ortho intramolecular Hbond substituents is 1. The third kappa shape index (κ3) is 2.96. The first-order valence-electron chi connectivity index (χ1n) is 7.57. The molecule has 0 saturated heterocycles. The van der Waals surface area contributed by atoms with Crippen molar-refractivity contribution < 1.29 is 5.11 Å². The van der Waals surface area contributed by atoms with Gasteiger partial charge >= 0.3 is 0 Å². The van der Waals surface area contributed by atoms with Crippen molar-refractivity contribution in [1.82, 2.24) is 0 Å². The van der Waals surface area contributed by atoms with Gasteiger partial charge in [-0.25, -0.2) is 0 Å². The summed E-state index contributed by atoms with van der Waals surface area (Å²) in [6.45, 7) is 15.4. The first-order chi connectivity index (χ1) is 8.71. The Labute approximate surface area is 119 Å². The van der Waals surface area contributed by atoms with E-state index in [0.717, 1.165) is 30.4 Å². The summed E-state index contributed by atoms with van der Waals surface area (Å²) in [6.07, 6.45) is 3.03. The number of aromatic hydroxyl groups is 1. The van der Waals surface area contributed by atoms with Gasteiger partial charge in [-0.05, 0) is 41.2 Å². The van der Waals surface area contributed by atoms with Gasteiger partial charge in [0.2, 0.25) is 0 Å². The maximum Gasteiger partial charge on any atom is 0.123 e. The quantitative estimate of drug-likeness (QED) is 0.760. The predicted molar refractivity (Wildman–Crippen MR) is 84.1 cm³/mol. The topological polar surface area (TPSA) is 20.2 Å². The minimum atomic E-state index is 0.0227. The van der Waals surface area contributed by atoms with E-state index in [2.05, 4.69) is 60.6 Å². The molecule has 1 aromatic carbocycles. The van der Waals surface area contributed by atoms with Crippen molar-refractivity contribution in [2.24, 2.45) is 0 Å². The van der Waals surface area contributed by atoms with Crippen LogP contribution in [0.2, 0.25) is 0 Å². The van der Waals surface area contributed by atoms with Crippen LogP contribution in [0.3, 0.4) is 0 Å². The number of hydrogen-bond donors (Lipinski definition) is 1. The number of benzene rings is 1. The lowest BCUT2D eigenvalue weighted by Gasteiger charge is -2.32. The molecule has 0 heterocycles. The van der Waals surface area contributed by atoms with E-state index in [9.17, 15) is 5.11 Å². The summed E-state index contributed by atoms with van der Waals surface area (Å²) in [6, 6.07) is 4.33. The number of rotatable bonds is 5. The zero-order chi connectivity index (χ0) is 14.8. The zero-order valence-electron chi connectivity index (χ0n) is 13.7. The smallest absolute Gasteiger partial charge is 0.123 e. The van der Waals surface area contributed by atoms with E-state index in [1.54, 1.807) is 0 Å². The van der Waals surface area contributed by atoms with E-state index in [-0.39, 0.29) is 10.8 Å². The highest BCUT2D eigenvalue weighted by atomic mass is 16.3. The van der Waals surface area contributed by atoms with Crippen LogP contribution < -0.4 is 0 Å². The van der Waals surface area contributed by atoms with E-state index < -0.39 is 0 Å². The van der Waals surface area contributed by atoms with E-state index in [1.165, 1.54) is 5.56 Å². The molecular weight excluding hydrogens is 232 g/mol. The number of phenols is 1. The molecule has 0 aromatic heterocycles. The summed E-state index contributed by atoms with van der Waals surface area (Å²) in [5.74, 6) is 0.526. The summed E-state index contributed by atoms with van der Waals surface area (Å²) in [5.41, 5.74) is 3.56. The molecule has 0 spiro atoms.